The summed E-state index contributed by atoms with van der Waals surface area (Å²) in [7, 11) is 0. The van der Waals surface area contributed by atoms with Gasteiger partial charge in [0, 0.05) is 12.3 Å². The average Bonchev–Trinajstić information content (AvgIpc) is 1.86. The van der Waals surface area contributed by atoms with E-state index in [-0.39, 0.29) is 5.13 Å². The Morgan fingerprint density at radius 1 is 1.83 bits per heavy atom. The number of rotatable bonds is 0. The first-order chi connectivity index (χ1) is 2.89. The maximum Gasteiger partial charge on any atom is 0.195 e. The minimum absolute atomic E-state index is 0.227. The van der Waals surface area contributed by atoms with Crippen molar-refractivity contribution in [3.63, 3.8) is 0 Å². The van der Waals surface area contributed by atoms with Gasteiger partial charge < -0.3 is 0 Å². The van der Waals surface area contributed by atoms with Gasteiger partial charge in [-0.05, 0) is 11.5 Å². The van der Waals surface area contributed by atoms with Crippen molar-refractivity contribution in [2.75, 3.05) is 0 Å². The SMILES string of the molecule is Fc1ccns1. The zero-order chi connectivity index (χ0) is 4.41. The summed E-state index contributed by atoms with van der Waals surface area (Å²) >= 11 is 0.861. The molecule has 0 aliphatic rings. The second-order valence-corrected chi connectivity index (χ2v) is 1.60. The van der Waals surface area contributed by atoms with Gasteiger partial charge in [0.05, 0.1) is 0 Å². The third kappa shape index (κ3) is 0.542. The number of nitrogens with zero attached hydrogens (tertiary/aromatic N) is 1. The number of aromatic nitrogens is 1. The second-order valence-electron chi connectivity index (χ2n) is 0.817. The molecule has 0 bridgehead atoms. The van der Waals surface area contributed by atoms with Crippen LogP contribution < -0.4 is 0 Å². The largest absolute Gasteiger partial charge is 0.198 e. The van der Waals surface area contributed by atoms with Gasteiger partial charge in [0.15, 0.2) is 5.13 Å². The number of hydrogen-bond acceptors (Lipinski definition) is 2. The van der Waals surface area contributed by atoms with E-state index in [0.29, 0.717) is 0 Å². The molecule has 6 heavy (non-hydrogen) atoms. The summed E-state index contributed by atoms with van der Waals surface area (Å²) in [6.45, 7) is 0. The smallest absolute Gasteiger partial charge is 0.195 e. The van der Waals surface area contributed by atoms with E-state index in [2.05, 4.69) is 4.37 Å². The topological polar surface area (TPSA) is 12.9 Å². The summed E-state index contributed by atoms with van der Waals surface area (Å²) in [4.78, 5) is 0. The monoisotopic (exact) mass is 103 g/mol. The van der Waals surface area contributed by atoms with Crippen LogP contribution in [-0.4, -0.2) is 4.37 Å². The molecule has 1 aromatic heterocycles. The standard InChI is InChI=1S/C3H2FNS/c4-3-1-2-5-6-3/h1-2H. The molecule has 0 amide bonds. The predicted octanol–water partition coefficient (Wildman–Crippen LogP) is 1.28. The highest BCUT2D eigenvalue weighted by Crippen LogP contribution is 1.97. The normalized spacial score (nSPS) is 8.83. The summed E-state index contributed by atoms with van der Waals surface area (Å²) in [6.07, 6.45) is 1.43. The number of hydrogen-bond donors (Lipinski definition) is 0. The zero-order valence-corrected chi connectivity index (χ0v) is 3.70. The number of halogens is 1. The van der Waals surface area contributed by atoms with Crippen LogP contribution >= 0.6 is 11.5 Å². The second kappa shape index (κ2) is 1.34. The summed E-state index contributed by atoms with van der Waals surface area (Å²) in [5, 5.41) is -0.227. The van der Waals surface area contributed by atoms with Crippen molar-refractivity contribution in [1.29, 1.82) is 0 Å². The fourth-order valence-corrected chi connectivity index (χ4v) is 0.544. The summed E-state index contributed by atoms with van der Waals surface area (Å²) < 4.78 is 15.1. The van der Waals surface area contributed by atoms with Gasteiger partial charge in [0.1, 0.15) is 0 Å². The van der Waals surface area contributed by atoms with Crippen molar-refractivity contribution in [3.8, 4) is 0 Å². The highest BCUT2D eigenvalue weighted by atomic mass is 32.1. The van der Waals surface area contributed by atoms with E-state index >= 15 is 0 Å². The first-order valence-corrected chi connectivity index (χ1v) is 2.23. The Balaban J connectivity index is 3.05. The predicted molar refractivity (Wildman–Crippen MR) is 22.1 cm³/mol. The molecular weight excluding hydrogens is 101 g/mol. The third-order valence-corrected chi connectivity index (χ3v) is 0.944. The first kappa shape index (κ1) is 3.74. The van der Waals surface area contributed by atoms with Crippen LogP contribution in [0.1, 0.15) is 0 Å². The molecule has 0 N–H and O–H groups in total. The van der Waals surface area contributed by atoms with Crippen LogP contribution in [0.25, 0.3) is 0 Å². The molecule has 0 aliphatic carbocycles. The van der Waals surface area contributed by atoms with E-state index in [1.54, 1.807) is 0 Å². The minimum atomic E-state index is -0.227. The summed E-state index contributed by atoms with van der Waals surface area (Å²) in [5.41, 5.74) is 0. The maximum absolute atomic E-state index is 11.6. The quantitative estimate of drug-likeness (QED) is 0.482. The van der Waals surface area contributed by atoms with E-state index in [0.717, 1.165) is 11.5 Å². The molecule has 1 rings (SSSR count). The molecule has 1 heterocycles. The van der Waals surface area contributed by atoms with Crippen LogP contribution in [0.15, 0.2) is 12.3 Å². The Labute approximate surface area is 38.6 Å². The Bertz CT molecular complexity index is 114. The Morgan fingerprint density at radius 3 is 2.83 bits per heavy atom. The zero-order valence-electron chi connectivity index (χ0n) is 2.89. The van der Waals surface area contributed by atoms with Crippen LogP contribution in [0.3, 0.4) is 0 Å². The maximum atomic E-state index is 11.6. The highest BCUT2D eigenvalue weighted by Gasteiger charge is 1.82. The molecule has 32 valence electrons. The molecule has 0 atom stereocenters. The van der Waals surface area contributed by atoms with Gasteiger partial charge in [-0.2, -0.15) is 8.76 Å². The Hall–Kier alpha value is -0.440. The van der Waals surface area contributed by atoms with Crippen LogP contribution in [0.2, 0.25) is 0 Å². The van der Waals surface area contributed by atoms with Crippen molar-refractivity contribution in [3.05, 3.63) is 17.4 Å². The molecular formula is C3H2FNS. The van der Waals surface area contributed by atoms with Crippen molar-refractivity contribution < 1.29 is 4.39 Å². The van der Waals surface area contributed by atoms with Gasteiger partial charge in [-0.25, -0.2) is 0 Å². The van der Waals surface area contributed by atoms with Gasteiger partial charge >= 0.3 is 0 Å². The van der Waals surface area contributed by atoms with E-state index in [9.17, 15) is 4.39 Å². The third-order valence-electron chi connectivity index (χ3n) is 0.406. The molecule has 3 heteroatoms. The van der Waals surface area contributed by atoms with Crippen LogP contribution in [-0.2, 0) is 0 Å². The summed E-state index contributed by atoms with van der Waals surface area (Å²) in [5.74, 6) is 0. The molecule has 0 aliphatic heterocycles. The Morgan fingerprint density at radius 2 is 2.67 bits per heavy atom. The molecule has 0 unspecified atom stereocenters. The summed E-state index contributed by atoms with van der Waals surface area (Å²) in [6, 6.07) is 1.32. The van der Waals surface area contributed by atoms with Gasteiger partial charge in [0.25, 0.3) is 0 Å². The van der Waals surface area contributed by atoms with Crippen LogP contribution in [0.5, 0.6) is 0 Å². The van der Waals surface area contributed by atoms with Crippen molar-refractivity contribution in [2.24, 2.45) is 0 Å². The molecule has 0 saturated carbocycles. The fourth-order valence-electron chi connectivity index (χ4n) is 0.200. The molecule has 0 radical (unpaired) electrons. The van der Waals surface area contributed by atoms with Crippen LogP contribution in [0.4, 0.5) is 4.39 Å². The van der Waals surface area contributed by atoms with Gasteiger partial charge in [-0.1, -0.05) is 0 Å². The van der Waals surface area contributed by atoms with Gasteiger partial charge in [-0.3, -0.25) is 0 Å². The molecule has 0 spiro atoms. The molecule has 1 aromatic rings. The minimum Gasteiger partial charge on any atom is -0.198 e. The van der Waals surface area contributed by atoms with E-state index in [1.807, 2.05) is 0 Å². The molecule has 1 nitrogen and oxygen atoms in total. The lowest BCUT2D eigenvalue weighted by Gasteiger charge is -1.57. The van der Waals surface area contributed by atoms with Crippen molar-refractivity contribution in [1.82, 2.24) is 4.37 Å². The lowest BCUT2D eigenvalue weighted by atomic mass is 10.8. The molecule has 0 aromatic carbocycles. The van der Waals surface area contributed by atoms with E-state index in [4.69, 9.17) is 0 Å². The fraction of sp³-hybridized carbons (Fsp3) is 0. The lowest BCUT2D eigenvalue weighted by molar-refractivity contribution is 0.657. The van der Waals surface area contributed by atoms with Crippen molar-refractivity contribution in [2.45, 2.75) is 0 Å². The molecule has 0 saturated heterocycles. The Kier molecular flexibility index (Phi) is 0.837. The van der Waals surface area contributed by atoms with E-state index in [1.165, 1.54) is 12.3 Å². The van der Waals surface area contributed by atoms with Gasteiger partial charge in [-0.15, -0.1) is 0 Å². The van der Waals surface area contributed by atoms with Crippen molar-refractivity contribution >= 4 is 11.5 Å². The van der Waals surface area contributed by atoms with Gasteiger partial charge in [0.2, 0.25) is 0 Å². The van der Waals surface area contributed by atoms with Crippen LogP contribution in [0, 0.1) is 5.13 Å². The lowest BCUT2D eigenvalue weighted by Crippen LogP contribution is -1.43. The molecule has 0 fully saturated rings. The average molecular weight is 103 g/mol. The van der Waals surface area contributed by atoms with E-state index < -0.39 is 0 Å². The highest BCUT2D eigenvalue weighted by molar-refractivity contribution is 7.03. The first-order valence-electron chi connectivity index (χ1n) is 1.46.